The zero-order valence-corrected chi connectivity index (χ0v) is 14.9. The second-order valence-corrected chi connectivity index (χ2v) is 6.69. The lowest BCUT2D eigenvalue weighted by Crippen LogP contribution is -2.47. The van der Waals surface area contributed by atoms with Gasteiger partial charge in [-0.2, -0.15) is 0 Å². The van der Waals surface area contributed by atoms with Crippen LogP contribution in [-0.4, -0.2) is 48.9 Å². The van der Waals surface area contributed by atoms with Crippen LogP contribution in [0.3, 0.4) is 0 Å². The molecule has 2 amide bonds. The summed E-state index contributed by atoms with van der Waals surface area (Å²) in [5.41, 5.74) is 1.24. The largest absolute Gasteiger partial charge is 0.354 e. The molecule has 0 saturated heterocycles. The molecule has 1 aliphatic rings. The van der Waals surface area contributed by atoms with E-state index in [1.165, 1.54) is 5.56 Å². The van der Waals surface area contributed by atoms with Crippen LogP contribution in [-0.2, 0) is 9.59 Å². The molecule has 132 valence electrons. The molecule has 0 heterocycles. The lowest BCUT2D eigenvalue weighted by atomic mass is 9.96. The van der Waals surface area contributed by atoms with Gasteiger partial charge in [-0.15, -0.1) is 0 Å². The standard InChI is InChI=1S/C19H29N3O2/c1-4-15(16-8-6-5-7-9-16)12-20-19(24)14(2)22(3)13-18(23)21-17-10-11-17/h5-9,14-15,17H,4,10-13H2,1-3H3,(H,20,24)(H,21,23)/t14-,15+/m0/s1. The van der Waals surface area contributed by atoms with Gasteiger partial charge in [-0.25, -0.2) is 0 Å². The summed E-state index contributed by atoms with van der Waals surface area (Å²) in [6, 6.07) is 10.3. The van der Waals surface area contributed by atoms with Gasteiger partial charge in [0.15, 0.2) is 0 Å². The average molecular weight is 331 g/mol. The minimum absolute atomic E-state index is 0.00429. The fourth-order valence-corrected chi connectivity index (χ4v) is 2.66. The summed E-state index contributed by atoms with van der Waals surface area (Å²) < 4.78 is 0. The van der Waals surface area contributed by atoms with E-state index in [9.17, 15) is 9.59 Å². The molecule has 5 nitrogen and oxygen atoms in total. The number of carbonyl (C=O) groups excluding carboxylic acids is 2. The van der Waals surface area contributed by atoms with Crippen molar-refractivity contribution in [2.75, 3.05) is 20.1 Å². The van der Waals surface area contributed by atoms with E-state index in [2.05, 4.69) is 29.7 Å². The highest BCUT2D eigenvalue weighted by atomic mass is 16.2. The zero-order valence-electron chi connectivity index (χ0n) is 14.9. The summed E-state index contributed by atoms with van der Waals surface area (Å²) in [4.78, 5) is 26.0. The first-order valence-corrected chi connectivity index (χ1v) is 8.83. The summed E-state index contributed by atoms with van der Waals surface area (Å²) in [6.07, 6.45) is 3.12. The van der Waals surface area contributed by atoms with Gasteiger partial charge in [0.2, 0.25) is 11.8 Å². The SMILES string of the molecule is CC[C@H](CNC(=O)[C@H](C)N(C)CC(=O)NC1CC1)c1ccccc1. The van der Waals surface area contributed by atoms with Gasteiger partial charge in [0, 0.05) is 18.5 Å². The van der Waals surface area contributed by atoms with Crippen molar-refractivity contribution in [3.05, 3.63) is 35.9 Å². The highest BCUT2D eigenvalue weighted by Crippen LogP contribution is 2.19. The maximum absolute atomic E-state index is 12.4. The molecule has 0 radical (unpaired) electrons. The molecule has 5 heteroatoms. The van der Waals surface area contributed by atoms with Gasteiger partial charge in [-0.1, -0.05) is 37.3 Å². The average Bonchev–Trinajstić information content (AvgIpc) is 3.39. The van der Waals surface area contributed by atoms with Crippen LogP contribution in [0.5, 0.6) is 0 Å². The maximum atomic E-state index is 12.4. The topological polar surface area (TPSA) is 61.4 Å². The Balaban J connectivity index is 1.78. The quantitative estimate of drug-likeness (QED) is 0.726. The van der Waals surface area contributed by atoms with E-state index >= 15 is 0 Å². The van der Waals surface area contributed by atoms with Crippen LogP contribution >= 0.6 is 0 Å². The number of carbonyl (C=O) groups is 2. The molecule has 0 spiro atoms. The number of rotatable bonds is 9. The van der Waals surface area contributed by atoms with E-state index in [4.69, 9.17) is 0 Å². The summed E-state index contributed by atoms with van der Waals surface area (Å²) >= 11 is 0. The highest BCUT2D eigenvalue weighted by Gasteiger charge is 2.25. The molecule has 1 fully saturated rings. The summed E-state index contributed by atoms with van der Waals surface area (Å²) in [6.45, 7) is 4.83. The molecular formula is C19H29N3O2. The molecule has 1 aromatic carbocycles. The smallest absolute Gasteiger partial charge is 0.237 e. The third-order valence-electron chi connectivity index (χ3n) is 4.66. The molecule has 2 atom stereocenters. The van der Waals surface area contributed by atoms with E-state index < -0.39 is 0 Å². The van der Waals surface area contributed by atoms with E-state index in [1.807, 2.05) is 32.2 Å². The molecule has 1 saturated carbocycles. The van der Waals surface area contributed by atoms with Crippen molar-refractivity contribution in [2.45, 2.75) is 51.1 Å². The third kappa shape index (κ3) is 5.64. The minimum atomic E-state index is -0.330. The summed E-state index contributed by atoms with van der Waals surface area (Å²) in [5, 5.41) is 5.97. The molecular weight excluding hydrogens is 302 g/mol. The van der Waals surface area contributed by atoms with E-state index in [0.717, 1.165) is 19.3 Å². The predicted molar refractivity (Wildman–Crippen MR) is 95.7 cm³/mol. The summed E-state index contributed by atoms with van der Waals surface area (Å²) in [7, 11) is 1.81. The number of hydrogen-bond acceptors (Lipinski definition) is 3. The van der Waals surface area contributed by atoms with Crippen LogP contribution in [0.2, 0.25) is 0 Å². The van der Waals surface area contributed by atoms with Gasteiger partial charge in [0.1, 0.15) is 0 Å². The Bertz CT molecular complexity index is 543. The predicted octanol–water partition coefficient (Wildman–Crippen LogP) is 1.90. The van der Waals surface area contributed by atoms with Gasteiger partial charge in [0.25, 0.3) is 0 Å². The van der Waals surface area contributed by atoms with Crippen molar-refractivity contribution in [1.29, 1.82) is 0 Å². The van der Waals surface area contributed by atoms with Gasteiger partial charge in [-0.05, 0) is 38.8 Å². The molecule has 0 bridgehead atoms. The van der Waals surface area contributed by atoms with Crippen molar-refractivity contribution in [2.24, 2.45) is 0 Å². The normalized spacial score (nSPS) is 16.5. The molecule has 1 aliphatic carbocycles. The summed E-state index contributed by atoms with van der Waals surface area (Å²) in [5.74, 6) is 0.271. The zero-order chi connectivity index (χ0) is 17.5. The van der Waals surface area contributed by atoms with Crippen LogP contribution in [0.25, 0.3) is 0 Å². The van der Waals surface area contributed by atoms with E-state index in [-0.39, 0.29) is 24.4 Å². The van der Waals surface area contributed by atoms with Gasteiger partial charge in [-0.3, -0.25) is 14.5 Å². The Morgan fingerprint density at radius 1 is 1.25 bits per heavy atom. The van der Waals surface area contributed by atoms with Crippen LogP contribution in [0.4, 0.5) is 0 Å². The van der Waals surface area contributed by atoms with E-state index in [0.29, 0.717) is 18.5 Å². The van der Waals surface area contributed by atoms with Crippen molar-refractivity contribution < 1.29 is 9.59 Å². The highest BCUT2D eigenvalue weighted by molar-refractivity contribution is 5.83. The lowest BCUT2D eigenvalue weighted by Gasteiger charge is -2.24. The Kier molecular flexibility index (Phi) is 6.79. The third-order valence-corrected chi connectivity index (χ3v) is 4.66. The van der Waals surface area contributed by atoms with Crippen molar-refractivity contribution in [3.63, 3.8) is 0 Å². The molecule has 2 N–H and O–H groups in total. The number of likely N-dealkylation sites (N-methyl/N-ethyl adjacent to an activating group) is 1. The first-order valence-electron chi connectivity index (χ1n) is 8.83. The first kappa shape index (κ1) is 18.5. The number of hydrogen-bond donors (Lipinski definition) is 2. The second-order valence-electron chi connectivity index (χ2n) is 6.69. The van der Waals surface area contributed by atoms with Crippen molar-refractivity contribution in [1.82, 2.24) is 15.5 Å². The molecule has 0 unspecified atom stereocenters. The Morgan fingerprint density at radius 2 is 1.92 bits per heavy atom. The van der Waals surface area contributed by atoms with Crippen LogP contribution in [0.15, 0.2) is 30.3 Å². The number of nitrogens with one attached hydrogen (secondary N) is 2. The van der Waals surface area contributed by atoms with Gasteiger partial charge >= 0.3 is 0 Å². The molecule has 1 aromatic rings. The van der Waals surface area contributed by atoms with Gasteiger partial charge < -0.3 is 10.6 Å². The van der Waals surface area contributed by atoms with Crippen molar-refractivity contribution >= 4 is 11.8 Å². The second kappa shape index (κ2) is 8.83. The monoisotopic (exact) mass is 331 g/mol. The Labute approximate surface area is 144 Å². The number of nitrogens with zero attached hydrogens (tertiary/aromatic N) is 1. The fourth-order valence-electron chi connectivity index (χ4n) is 2.66. The van der Waals surface area contributed by atoms with Crippen LogP contribution in [0.1, 0.15) is 44.6 Å². The molecule has 0 aromatic heterocycles. The van der Waals surface area contributed by atoms with Gasteiger partial charge in [0.05, 0.1) is 12.6 Å². The Morgan fingerprint density at radius 3 is 2.50 bits per heavy atom. The van der Waals surface area contributed by atoms with Crippen molar-refractivity contribution in [3.8, 4) is 0 Å². The molecule has 2 rings (SSSR count). The first-order chi connectivity index (χ1) is 11.5. The number of benzene rings is 1. The van der Waals surface area contributed by atoms with Crippen LogP contribution < -0.4 is 10.6 Å². The lowest BCUT2D eigenvalue weighted by molar-refractivity contribution is -0.127. The minimum Gasteiger partial charge on any atom is -0.354 e. The molecule has 0 aliphatic heterocycles. The molecule has 24 heavy (non-hydrogen) atoms. The maximum Gasteiger partial charge on any atom is 0.237 e. The Hall–Kier alpha value is -1.88. The number of amides is 2. The fraction of sp³-hybridized carbons (Fsp3) is 0.579. The van der Waals surface area contributed by atoms with E-state index in [1.54, 1.807) is 4.90 Å². The van der Waals surface area contributed by atoms with Crippen LogP contribution in [0, 0.1) is 0 Å².